The number of hydrogen-bond donors (Lipinski definition) is 3. The monoisotopic (exact) mass is 400 g/mol. The van der Waals surface area contributed by atoms with Crippen molar-refractivity contribution in [1.82, 2.24) is 9.88 Å². The molecule has 1 aromatic carbocycles. The fraction of sp³-hybridized carbons (Fsp3) is 0.591. The average molecular weight is 400 g/mol. The number of ether oxygens (including phenoxy) is 2. The lowest BCUT2D eigenvalue weighted by Gasteiger charge is -2.52. The van der Waals surface area contributed by atoms with Gasteiger partial charge in [-0.2, -0.15) is 0 Å². The SMILES string of the molecule is COc1ccc2c3c([nH]c2c1)[C@@H]1C[C@@H]2C(C(=O)O)C(OC)C(O)C[C@H]2CN1CC3. The Labute approximate surface area is 169 Å². The number of aromatic amines is 1. The van der Waals surface area contributed by atoms with Crippen molar-refractivity contribution in [2.75, 3.05) is 27.3 Å². The summed E-state index contributed by atoms with van der Waals surface area (Å²) in [6, 6.07) is 6.31. The first-order chi connectivity index (χ1) is 14.0. The highest BCUT2D eigenvalue weighted by molar-refractivity contribution is 5.86. The van der Waals surface area contributed by atoms with E-state index in [1.54, 1.807) is 7.11 Å². The van der Waals surface area contributed by atoms with Crippen molar-refractivity contribution in [3.8, 4) is 5.75 Å². The smallest absolute Gasteiger partial charge is 0.309 e. The minimum atomic E-state index is -0.864. The van der Waals surface area contributed by atoms with E-state index in [0.29, 0.717) is 6.42 Å². The third kappa shape index (κ3) is 2.86. The Morgan fingerprint density at radius 3 is 2.83 bits per heavy atom. The van der Waals surface area contributed by atoms with Crippen LogP contribution in [0.1, 0.15) is 30.1 Å². The molecule has 7 nitrogen and oxygen atoms in total. The molecular weight excluding hydrogens is 372 g/mol. The average Bonchev–Trinajstić information content (AvgIpc) is 3.09. The van der Waals surface area contributed by atoms with E-state index < -0.39 is 24.1 Å². The number of benzene rings is 1. The molecule has 7 heteroatoms. The fourth-order valence-electron chi connectivity index (χ4n) is 6.15. The summed E-state index contributed by atoms with van der Waals surface area (Å²) in [6.45, 7) is 1.78. The summed E-state index contributed by atoms with van der Waals surface area (Å²) in [7, 11) is 3.17. The van der Waals surface area contributed by atoms with E-state index in [1.807, 2.05) is 12.1 Å². The highest BCUT2D eigenvalue weighted by atomic mass is 16.5. The molecule has 3 heterocycles. The second-order valence-corrected chi connectivity index (χ2v) is 8.72. The van der Waals surface area contributed by atoms with Crippen LogP contribution in [-0.2, 0) is 16.0 Å². The molecule has 1 saturated heterocycles. The van der Waals surface area contributed by atoms with E-state index in [0.717, 1.165) is 37.2 Å². The third-order valence-electron chi connectivity index (χ3n) is 7.44. The number of rotatable bonds is 3. The number of carboxylic acids is 1. The fourth-order valence-corrected chi connectivity index (χ4v) is 6.15. The van der Waals surface area contributed by atoms with Crippen LogP contribution < -0.4 is 4.74 Å². The Morgan fingerprint density at radius 1 is 1.28 bits per heavy atom. The van der Waals surface area contributed by atoms with Crippen molar-refractivity contribution in [3.63, 3.8) is 0 Å². The Morgan fingerprint density at radius 2 is 2.10 bits per heavy atom. The molecule has 0 amide bonds. The number of aliphatic hydroxyl groups excluding tert-OH is 1. The number of carbonyl (C=O) groups is 1. The summed E-state index contributed by atoms with van der Waals surface area (Å²) in [6.07, 6.45) is 0.981. The molecule has 1 saturated carbocycles. The summed E-state index contributed by atoms with van der Waals surface area (Å²) >= 11 is 0. The van der Waals surface area contributed by atoms with Crippen LogP contribution in [-0.4, -0.2) is 65.6 Å². The van der Waals surface area contributed by atoms with Gasteiger partial charge in [-0.1, -0.05) is 0 Å². The first kappa shape index (κ1) is 18.9. The number of fused-ring (bicyclic) bond motifs is 6. The lowest BCUT2D eigenvalue weighted by Crippen LogP contribution is -2.57. The van der Waals surface area contributed by atoms with E-state index >= 15 is 0 Å². The maximum atomic E-state index is 12.1. The normalized spacial score (nSPS) is 34.3. The minimum absolute atomic E-state index is 0.00556. The van der Waals surface area contributed by atoms with Crippen LogP contribution in [0.25, 0.3) is 10.9 Å². The molecule has 0 spiro atoms. The molecule has 5 rings (SSSR count). The molecule has 1 aliphatic carbocycles. The number of methoxy groups -OCH3 is 2. The molecule has 1 aromatic heterocycles. The molecule has 3 N–H and O–H groups in total. The maximum absolute atomic E-state index is 12.1. The Balaban J connectivity index is 1.52. The highest BCUT2D eigenvalue weighted by Crippen LogP contribution is 2.49. The minimum Gasteiger partial charge on any atom is -0.497 e. The van der Waals surface area contributed by atoms with Gasteiger partial charge in [0.1, 0.15) is 5.75 Å². The van der Waals surface area contributed by atoms with Gasteiger partial charge in [0, 0.05) is 42.9 Å². The number of hydrogen-bond acceptors (Lipinski definition) is 5. The first-order valence-electron chi connectivity index (χ1n) is 10.4. The van der Waals surface area contributed by atoms with Gasteiger partial charge in [0.15, 0.2) is 0 Å². The number of H-pyrrole nitrogens is 1. The van der Waals surface area contributed by atoms with Gasteiger partial charge in [-0.25, -0.2) is 0 Å². The number of nitrogens with one attached hydrogen (secondary N) is 1. The van der Waals surface area contributed by atoms with Crippen molar-refractivity contribution in [2.24, 2.45) is 17.8 Å². The molecule has 2 aliphatic heterocycles. The van der Waals surface area contributed by atoms with Gasteiger partial charge >= 0.3 is 5.97 Å². The zero-order valence-electron chi connectivity index (χ0n) is 16.8. The summed E-state index contributed by atoms with van der Waals surface area (Å²) in [5, 5.41) is 21.7. The summed E-state index contributed by atoms with van der Waals surface area (Å²) in [5.74, 6) is -0.539. The molecule has 2 fully saturated rings. The zero-order chi connectivity index (χ0) is 20.3. The van der Waals surface area contributed by atoms with Gasteiger partial charge in [0.05, 0.1) is 31.3 Å². The second-order valence-electron chi connectivity index (χ2n) is 8.72. The lowest BCUT2D eigenvalue weighted by molar-refractivity contribution is -0.172. The molecule has 0 bridgehead atoms. The largest absolute Gasteiger partial charge is 0.497 e. The van der Waals surface area contributed by atoms with Gasteiger partial charge in [-0.3, -0.25) is 9.69 Å². The number of aromatic nitrogens is 1. The predicted molar refractivity (Wildman–Crippen MR) is 107 cm³/mol. The number of aliphatic carboxylic acids is 1. The van der Waals surface area contributed by atoms with E-state index in [2.05, 4.69) is 16.0 Å². The van der Waals surface area contributed by atoms with Gasteiger partial charge in [-0.15, -0.1) is 0 Å². The number of nitrogens with zero attached hydrogens (tertiary/aromatic N) is 1. The summed E-state index contributed by atoms with van der Waals surface area (Å²) in [4.78, 5) is 18.2. The Hall–Kier alpha value is -2.09. The molecule has 6 atom stereocenters. The van der Waals surface area contributed by atoms with Crippen molar-refractivity contribution in [1.29, 1.82) is 0 Å². The molecule has 3 aliphatic rings. The van der Waals surface area contributed by atoms with Gasteiger partial charge in [-0.05, 0) is 48.8 Å². The Bertz CT molecular complexity index is 941. The van der Waals surface area contributed by atoms with Gasteiger partial charge < -0.3 is 24.7 Å². The third-order valence-corrected chi connectivity index (χ3v) is 7.44. The Kier molecular flexibility index (Phi) is 4.57. The summed E-state index contributed by atoms with van der Waals surface area (Å²) in [5.41, 5.74) is 3.62. The van der Waals surface area contributed by atoms with Crippen LogP contribution in [0.3, 0.4) is 0 Å². The maximum Gasteiger partial charge on any atom is 0.309 e. The standard InChI is InChI=1S/C22H28N2O5/c1-28-12-3-4-13-14-5-6-24-10-11-7-18(25)21(29-2)19(22(26)27)15(11)9-17(24)20(14)23-16(13)8-12/h3-4,8,11,15,17-19,21,23,25H,5-7,9-10H2,1-2H3,(H,26,27)/t11-,15-,17-,18?,19?,21?/m0/s1. The summed E-state index contributed by atoms with van der Waals surface area (Å²) < 4.78 is 10.8. The topological polar surface area (TPSA) is 95.0 Å². The van der Waals surface area contributed by atoms with Crippen molar-refractivity contribution in [2.45, 2.75) is 37.5 Å². The first-order valence-corrected chi connectivity index (χ1v) is 10.4. The number of piperidine rings is 1. The molecule has 156 valence electrons. The van der Waals surface area contributed by atoms with E-state index in [1.165, 1.54) is 23.8 Å². The molecule has 2 aromatic rings. The predicted octanol–water partition coefficient (Wildman–Crippen LogP) is 2.19. The van der Waals surface area contributed by atoms with Crippen molar-refractivity contribution < 1.29 is 24.5 Å². The van der Waals surface area contributed by atoms with Crippen LogP contribution in [0, 0.1) is 17.8 Å². The van der Waals surface area contributed by atoms with Crippen LogP contribution in [0.2, 0.25) is 0 Å². The zero-order valence-corrected chi connectivity index (χ0v) is 16.8. The van der Waals surface area contributed by atoms with Gasteiger partial charge in [0.25, 0.3) is 0 Å². The highest BCUT2D eigenvalue weighted by Gasteiger charge is 2.52. The van der Waals surface area contributed by atoms with Crippen LogP contribution in [0.4, 0.5) is 0 Å². The number of aliphatic hydroxyl groups is 1. The van der Waals surface area contributed by atoms with Gasteiger partial charge in [0.2, 0.25) is 0 Å². The van der Waals surface area contributed by atoms with Crippen LogP contribution >= 0.6 is 0 Å². The van der Waals surface area contributed by atoms with E-state index in [-0.39, 0.29) is 17.9 Å². The van der Waals surface area contributed by atoms with E-state index in [9.17, 15) is 15.0 Å². The quantitative estimate of drug-likeness (QED) is 0.731. The number of carboxylic acid groups (broad SMARTS) is 1. The van der Waals surface area contributed by atoms with Crippen molar-refractivity contribution >= 4 is 16.9 Å². The van der Waals surface area contributed by atoms with Crippen LogP contribution in [0.15, 0.2) is 18.2 Å². The van der Waals surface area contributed by atoms with Crippen LogP contribution in [0.5, 0.6) is 5.75 Å². The second kappa shape index (κ2) is 7.00. The molecule has 0 radical (unpaired) electrons. The lowest BCUT2D eigenvalue weighted by atomic mass is 9.64. The van der Waals surface area contributed by atoms with E-state index in [4.69, 9.17) is 9.47 Å². The molecular formula is C22H28N2O5. The molecule has 3 unspecified atom stereocenters. The molecule has 29 heavy (non-hydrogen) atoms. The van der Waals surface area contributed by atoms with Crippen molar-refractivity contribution in [3.05, 3.63) is 29.5 Å².